The van der Waals surface area contributed by atoms with Gasteiger partial charge in [0, 0.05) is 22.5 Å². The van der Waals surface area contributed by atoms with Crippen molar-refractivity contribution in [2.75, 3.05) is 5.32 Å². The molecule has 26 heavy (non-hydrogen) atoms. The maximum absolute atomic E-state index is 12.3. The number of carbonyl (C=O) groups excluding carboxylic acids is 1. The normalized spacial score (nSPS) is 10.8. The molecule has 5 heteroatoms. The van der Waals surface area contributed by atoms with Gasteiger partial charge in [0.1, 0.15) is 6.07 Å². The van der Waals surface area contributed by atoms with E-state index in [1.807, 2.05) is 18.2 Å². The molecule has 0 aliphatic carbocycles. The number of anilines is 1. The number of hydrogen-bond donors (Lipinski definition) is 1. The van der Waals surface area contributed by atoms with Crippen molar-refractivity contribution in [2.45, 2.75) is 0 Å². The second-order valence-electron chi connectivity index (χ2n) is 5.47. The van der Waals surface area contributed by atoms with Crippen LogP contribution in [0.5, 0.6) is 0 Å². The SMILES string of the molecule is N#C/C(=C/c1cccc(NC(=O)c2ccc(Cl)cc2)c1)c1ccccn1. The van der Waals surface area contributed by atoms with E-state index in [-0.39, 0.29) is 5.91 Å². The summed E-state index contributed by atoms with van der Waals surface area (Å²) in [6.45, 7) is 0. The number of rotatable bonds is 4. The molecule has 0 aliphatic heterocycles. The van der Waals surface area contributed by atoms with Crippen LogP contribution in [0.4, 0.5) is 5.69 Å². The number of allylic oxidation sites excluding steroid dienone is 1. The number of hydrogen-bond acceptors (Lipinski definition) is 3. The Balaban J connectivity index is 1.82. The number of nitrogens with zero attached hydrogens (tertiary/aromatic N) is 2. The second kappa shape index (κ2) is 8.11. The predicted molar refractivity (Wildman–Crippen MR) is 104 cm³/mol. The molecule has 1 N–H and O–H groups in total. The highest BCUT2D eigenvalue weighted by atomic mass is 35.5. The lowest BCUT2D eigenvalue weighted by Crippen LogP contribution is -2.11. The monoisotopic (exact) mass is 359 g/mol. The van der Waals surface area contributed by atoms with Gasteiger partial charge in [0.15, 0.2) is 0 Å². The predicted octanol–water partition coefficient (Wildman–Crippen LogP) is 5.05. The third-order valence-electron chi connectivity index (χ3n) is 3.62. The Labute approximate surface area is 156 Å². The molecule has 1 aromatic heterocycles. The molecule has 3 aromatic rings. The molecule has 0 atom stereocenters. The molecule has 0 unspecified atom stereocenters. The minimum Gasteiger partial charge on any atom is -0.322 e. The number of nitrogens with one attached hydrogen (secondary N) is 1. The van der Waals surface area contributed by atoms with Gasteiger partial charge in [-0.05, 0) is 60.2 Å². The lowest BCUT2D eigenvalue weighted by Gasteiger charge is -2.07. The number of nitriles is 1. The first-order valence-electron chi connectivity index (χ1n) is 7.86. The van der Waals surface area contributed by atoms with Crippen molar-refractivity contribution in [3.05, 3.63) is 94.8 Å². The van der Waals surface area contributed by atoms with Crippen LogP contribution >= 0.6 is 11.6 Å². The van der Waals surface area contributed by atoms with E-state index < -0.39 is 0 Å². The lowest BCUT2D eigenvalue weighted by atomic mass is 10.1. The van der Waals surface area contributed by atoms with E-state index in [0.717, 1.165) is 5.56 Å². The molecular formula is C21H14ClN3O. The zero-order valence-electron chi connectivity index (χ0n) is 13.7. The standard InChI is InChI=1S/C21H14ClN3O/c22-18-9-7-16(8-10-18)21(26)25-19-5-3-4-15(13-19)12-17(14-23)20-6-1-2-11-24-20/h1-13H,(H,25,26)/b17-12-. The molecule has 3 rings (SSSR count). The first-order valence-corrected chi connectivity index (χ1v) is 8.24. The molecule has 0 aliphatic rings. The van der Waals surface area contributed by atoms with E-state index in [0.29, 0.717) is 27.5 Å². The van der Waals surface area contributed by atoms with Crippen LogP contribution in [0.3, 0.4) is 0 Å². The average Bonchev–Trinajstić information content (AvgIpc) is 2.67. The number of pyridine rings is 1. The van der Waals surface area contributed by atoms with Crippen LogP contribution in [0.25, 0.3) is 11.6 Å². The fourth-order valence-electron chi connectivity index (χ4n) is 2.36. The quantitative estimate of drug-likeness (QED) is 0.663. The summed E-state index contributed by atoms with van der Waals surface area (Å²) in [4.78, 5) is 16.5. The van der Waals surface area contributed by atoms with Crippen molar-refractivity contribution < 1.29 is 4.79 Å². The Morgan fingerprint density at radius 3 is 2.58 bits per heavy atom. The van der Waals surface area contributed by atoms with Crippen LogP contribution in [0.15, 0.2) is 72.9 Å². The highest BCUT2D eigenvalue weighted by Crippen LogP contribution is 2.19. The highest BCUT2D eigenvalue weighted by molar-refractivity contribution is 6.30. The zero-order valence-corrected chi connectivity index (χ0v) is 14.4. The molecular weight excluding hydrogens is 346 g/mol. The van der Waals surface area contributed by atoms with Crippen molar-refractivity contribution in [1.82, 2.24) is 4.98 Å². The van der Waals surface area contributed by atoms with Gasteiger partial charge in [-0.25, -0.2) is 0 Å². The van der Waals surface area contributed by atoms with Gasteiger partial charge >= 0.3 is 0 Å². The van der Waals surface area contributed by atoms with Gasteiger partial charge in [-0.3, -0.25) is 9.78 Å². The van der Waals surface area contributed by atoms with Crippen LogP contribution < -0.4 is 5.32 Å². The summed E-state index contributed by atoms with van der Waals surface area (Å²) >= 11 is 5.84. The maximum atomic E-state index is 12.3. The Morgan fingerprint density at radius 1 is 1.08 bits per heavy atom. The first-order chi connectivity index (χ1) is 12.7. The highest BCUT2D eigenvalue weighted by Gasteiger charge is 2.07. The minimum absolute atomic E-state index is 0.229. The van der Waals surface area contributed by atoms with Crippen molar-refractivity contribution in [3.8, 4) is 6.07 Å². The van der Waals surface area contributed by atoms with Crippen molar-refractivity contribution in [1.29, 1.82) is 5.26 Å². The molecule has 0 saturated heterocycles. The van der Waals surface area contributed by atoms with Gasteiger partial charge in [-0.2, -0.15) is 5.26 Å². The average molecular weight is 360 g/mol. The van der Waals surface area contributed by atoms with Crippen LogP contribution in [-0.4, -0.2) is 10.9 Å². The topological polar surface area (TPSA) is 65.8 Å². The summed E-state index contributed by atoms with van der Waals surface area (Å²) in [6, 6.07) is 21.5. The maximum Gasteiger partial charge on any atom is 0.255 e. The van der Waals surface area contributed by atoms with Gasteiger partial charge in [-0.15, -0.1) is 0 Å². The summed E-state index contributed by atoms with van der Waals surface area (Å²) in [5, 5.41) is 12.8. The summed E-state index contributed by atoms with van der Waals surface area (Å²) in [7, 11) is 0. The number of benzene rings is 2. The summed E-state index contributed by atoms with van der Waals surface area (Å²) < 4.78 is 0. The number of aromatic nitrogens is 1. The largest absolute Gasteiger partial charge is 0.322 e. The van der Waals surface area contributed by atoms with Gasteiger partial charge in [0.25, 0.3) is 5.91 Å². The molecule has 4 nitrogen and oxygen atoms in total. The molecule has 0 radical (unpaired) electrons. The van der Waals surface area contributed by atoms with E-state index >= 15 is 0 Å². The van der Waals surface area contributed by atoms with Gasteiger partial charge < -0.3 is 5.32 Å². The molecule has 0 bridgehead atoms. The van der Waals surface area contributed by atoms with Crippen LogP contribution in [-0.2, 0) is 0 Å². The summed E-state index contributed by atoms with van der Waals surface area (Å²) in [6.07, 6.45) is 3.38. The Kier molecular flexibility index (Phi) is 5.43. The molecule has 0 saturated carbocycles. The van der Waals surface area contributed by atoms with E-state index in [1.165, 1.54) is 0 Å². The van der Waals surface area contributed by atoms with E-state index in [2.05, 4.69) is 16.4 Å². The van der Waals surface area contributed by atoms with Gasteiger partial charge in [0.2, 0.25) is 0 Å². The van der Waals surface area contributed by atoms with Crippen molar-refractivity contribution in [2.24, 2.45) is 0 Å². The third-order valence-corrected chi connectivity index (χ3v) is 3.88. The smallest absolute Gasteiger partial charge is 0.255 e. The second-order valence-corrected chi connectivity index (χ2v) is 5.91. The summed E-state index contributed by atoms with van der Waals surface area (Å²) in [5.74, 6) is -0.229. The van der Waals surface area contributed by atoms with Crippen LogP contribution in [0, 0.1) is 11.3 Å². The fourth-order valence-corrected chi connectivity index (χ4v) is 2.49. The fraction of sp³-hybridized carbons (Fsp3) is 0. The molecule has 0 spiro atoms. The number of amides is 1. The first kappa shape index (κ1) is 17.4. The van der Waals surface area contributed by atoms with Crippen LogP contribution in [0.2, 0.25) is 5.02 Å². The molecule has 1 heterocycles. The van der Waals surface area contributed by atoms with Crippen LogP contribution in [0.1, 0.15) is 21.6 Å². The lowest BCUT2D eigenvalue weighted by molar-refractivity contribution is 0.102. The molecule has 1 amide bonds. The van der Waals surface area contributed by atoms with E-state index in [4.69, 9.17) is 11.6 Å². The Bertz CT molecular complexity index is 990. The number of halogens is 1. The summed E-state index contributed by atoms with van der Waals surface area (Å²) in [5.41, 5.74) is 3.00. The molecule has 126 valence electrons. The van der Waals surface area contributed by atoms with Crippen molar-refractivity contribution in [3.63, 3.8) is 0 Å². The molecule has 0 fully saturated rings. The van der Waals surface area contributed by atoms with Gasteiger partial charge in [0.05, 0.1) is 11.3 Å². The van der Waals surface area contributed by atoms with E-state index in [1.54, 1.807) is 60.8 Å². The Hall–Kier alpha value is -3.42. The number of carbonyl (C=O) groups is 1. The van der Waals surface area contributed by atoms with Gasteiger partial charge in [-0.1, -0.05) is 29.8 Å². The van der Waals surface area contributed by atoms with Crippen molar-refractivity contribution >= 4 is 34.8 Å². The molecule has 2 aromatic carbocycles. The van der Waals surface area contributed by atoms with E-state index in [9.17, 15) is 10.1 Å². The third kappa shape index (κ3) is 4.35. The minimum atomic E-state index is -0.229. The Morgan fingerprint density at radius 2 is 1.88 bits per heavy atom. The zero-order chi connectivity index (χ0) is 18.4.